The molecule has 1 aromatic heterocycles. The third-order valence-corrected chi connectivity index (χ3v) is 4.62. The fraction of sp³-hybridized carbons (Fsp3) is 0.471. The molecular weight excluding hydrogens is 262 g/mol. The summed E-state index contributed by atoms with van der Waals surface area (Å²) in [4.78, 5) is 0. The molecule has 112 valence electrons. The highest BCUT2D eigenvalue weighted by Crippen LogP contribution is 2.38. The molecular formula is C17H23N3O. The van der Waals surface area contributed by atoms with E-state index in [-0.39, 0.29) is 0 Å². The molecule has 0 unspecified atom stereocenters. The minimum atomic E-state index is 0.612. The Morgan fingerprint density at radius 1 is 1.38 bits per heavy atom. The maximum atomic E-state index is 5.30. The molecule has 1 fully saturated rings. The van der Waals surface area contributed by atoms with E-state index in [0.717, 1.165) is 12.3 Å². The zero-order valence-electron chi connectivity index (χ0n) is 13.0. The first-order chi connectivity index (χ1) is 10.2. The molecule has 21 heavy (non-hydrogen) atoms. The Kier molecular flexibility index (Phi) is 3.97. The molecule has 1 aliphatic carbocycles. The molecule has 0 spiro atoms. The van der Waals surface area contributed by atoms with E-state index in [2.05, 4.69) is 35.5 Å². The topological polar surface area (TPSA) is 39.1 Å². The molecule has 0 saturated heterocycles. The van der Waals surface area contributed by atoms with Crippen molar-refractivity contribution >= 4 is 0 Å². The van der Waals surface area contributed by atoms with E-state index in [4.69, 9.17) is 4.74 Å². The van der Waals surface area contributed by atoms with Crippen LogP contribution < -0.4 is 10.1 Å². The van der Waals surface area contributed by atoms with Gasteiger partial charge in [-0.15, -0.1) is 0 Å². The zero-order valence-corrected chi connectivity index (χ0v) is 13.0. The van der Waals surface area contributed by atoms with Gasteiger partial charge in [0.1, 0.15) is 5.75 Å². The van der Waals surface area contributed by atoms with Crippen LogP contribution in [0, 0.1) is 6.92 Å². The van der Waals surface area contributed by atoms with Crippen LogP contribution >= 0.6 is 0 Å². The van der Waals surface area contributed by atoms with Gasteiger partial charge in [-0.05, 0) is 43.4 Å². The number of methoxy groups -OCH3 is 1. The molecule has 4 nitrogen and oxygen atoms in total. The lowest BCUT2D eigenvalue weighted by atomic mass is 9.76. The van der Waals surface area contributed by atoms with Crippen LogP contribution in [0.1, 0.15) is 35.6 Å². The van der Waals surface area contributed by atoms with E-state index in [1.165, 1.54) is 29.7 Å². The first kappa shape index (κ1) is 14.1. The van der Waals surface area contributed by atoms with E-state index in [0.29, 0.717) is 12.0 Å². The number of nitrogens with one attached hydrogen (secondary N) is 1. The second-order valence-corrected chi connectivity index (χ2v) is 5.90. The van der Waals surface area contributed by atoms with Crippen molar-refractivity contribution in [2.45, 2.75) is 38.3 Å². The largest absolute Gasteiger partial charge is 0.497 e. The van der Waals surface area contributed by atoms with E-state index in [9.17, 15) is 0 Å². The van der Waals surface area contributed by atoms with Crippen LogP contribution in [0.4, 0.5) is 0 Å². The quantitative estimate of drug-likeness (QED) is 0.918. The van der Waals surface area contributed by atoms with Crippen molar-refractivity contribution in [3.05, 3.63) is 47.3 Å². The van der Waals surface area contributed by atoms with Gasteiger partial charge in [-0.25, -0.2) is 0 Å². The van der Waals surface area contributed by atoms with Crippen molar-refractivity contribution in [2.75, 3.05) is 7.11 Å². The fourth-order valence-electron chi connectivity index (χ4n) is 2.92. The minimum Gasteiger partial charge on any atom is -0.497 e. The van der Waals surface area contributed by atoms with Gasteiger partial charge < -0.3 is 10.1 Å². The van der Waals surface area contributed by atoms with E-state index in [1.807, 2.05) is 24.0 Å². The Hall–Kier alpha value is -1.81. The Balaban J connectivity index is 1.50. The van der Waals surface area contributed by atoms with Crippen LogP contribution in [0.3, 0.4) is 0 Å². The van der Waals surface area contributed by atoms with Gasteiger partial charge >= 0.3 is 0 Å². The monoisotopic (exact) mass is 285 g/mol. The van der Waals surface area contributed by atoms with Crippen molar-refractivity contribution in [1.82, 2.24) is 15.1 Å². The van der Waals surface area contributed by atoms with Crippen molar-refractivity contribution in [3.8, 4) is 5.75 Å². The Bertz CT molecular complexity index is 614. The van der Waals surface area contributed by atoms with Crippen molar-refractivity contribution in [1.29, 1.82) is 0 Å². The lowest BCUT2D eigenvalue weighted by molar-refractivity contribution is 0.288. The fourth-order valence-corrected chi connectivity index (χ4v) is 2.92. The molecule has 1 aliphatic rings. The molecule has 0 bridgehead atoms. The average Bonchev–Trinajstić information content (AvgIpc) is 2.78. The number of benzene rings is 1. The standard InChI is InChI=1S/C17H23N3O/c1-12-15(11-19-20(12)2)10-18-16-7-14(8-16)13-5-4-6-17(9-13)21-3/h4-6,9,11,14,16,18H,7-8,10H2,1-3H3. The summed E-state index contributed by atoms with van der Waals surface area (Å²) >= 11 is 0. The molecule has 1 aromatic carbocycles. The smallest absolute Gasteiger partial charge is 0.119 e. The van der Waals surface area contributed by atoms with Gasteiger partial charge in [0, 0.05) is 30.9 Å². The zero-order chi connectivity index (χ0) is 14.8. The third-order valence-electron chi connectivity index (χ3n) is 4.62. The summed E-state index contributed by atoms with van der Waals surface area (Å²) in [6.45, 7) is 3.03. The van der Waals surface area contributed by atoms with Crippen molar-refractivity contribution in [3.63, 3.8) is 0 Å². The first-order valence-electron chi connectivity index (χ1n) is 7.52. The van der Waals surface area contributed by atoms with Gasteiger partial charge in [0.05, 0.1) is 13.3 Å². The third kappa shape index (κ3) is 2.95. The highest BCUT2D eigenvalue weighted by Gasteiger charge is 2.30. The summed E-state index contributed by atoms with van der Waals surface area (Å²) in [5, 5.41) is 7.92. The van der Waals surface area contributed by atoms with Crippen LogP contribution in [0.5, 0.6) is 5.75 Å². The number of rotatable bonds is 5. The summed E-state index contributed by atoms with van der Waals surface area (Å²) in [6, 6.07) is 9.05. The van der Waals surface area contributed by atoms with E-state index < -0.39 is 0 Å². The second-order valence-electron chi connectivity index (χ2n) is 5.90. The predicted molar refractivity (Wildman–Crippen MR) is 83.5 cm³/mol. The normalized spacial score (nSPS) is 21.1. The number of hydrogen-bond donors (Lipinski definition) is 1. The van der Waals surface area contributed by atoms with Crippen LogP contribution in [-0.2, 0) is 13.6 Å². The maximum absolute atomic E-state index is 5.30. The highest BCUT2D eigenvalue weighted by molar-refractivity contribution is 5.32. The van der Waals surface area contributed by atoms with Gasteiger partial charge in [-0.1, -0.05) is 12.1 Å². The van der Waals surface area contributed by atoms with Gasteiger partial charge in [0.15, 0.2) is 0 Å². The van der Waals surface area contributed by atoms with E-state index in [1.54, 1.807) is 7.11 Å². The minimum absolute atomic E-state index is 0.612. The highest BCUT2D eigenvalue weighted by atomic mass is 16.5. The van der Waals surface area contributed by atoms with Gasteiger partial charge in [-0.2, -0.15) is 5.10 Å². The summed E-state index contributed by atoms with van der Waals surface area (Å²) < 4.78 is 7.22. The molecule has 4 heteroatoms. The first-order valence-corrected chi connectivity index (χ1v) is 7.52. The number of aromatic nitrogens is 2. The van der Waals surface area contributed by atoms with Crippen LogP contribution in [-0.4, -0.2) is 22.9 Å². The average molecular weight is 285 g/mol. The molecule has 3 rings (SSSR count). The molecule has 1 N–H and O–H groups in total. The van der Waals surface area contributed by atoms with Crippen molar-refractivity contribution in [2.24, 2.45) is 7.05 Å². The molecule has 1 heterocycles. The van der Waals surface area contributed by atoms with Gasteiger partial charge in [-0.3, -0.25) is 4.68 Å². The maximum Gasteiger partial charge on any atom is 0.119 e. The molecule has 1 saturated carbocycles. The summed E-state index contributed by atoms with van der Waals surface area (Å²) in [5.41, 5.74) is 3.93. The molecule has 0 atom stereocenters. The SMILES string of the molecule is COc1cccc(C2CC(NCc3cnn(C)c3C)C2)c1. The molecule has 2 aromatic rings. The summed E-state index contributed by atoms with van der Waals surface area (Å²) in [7, 11) is 3.71. The van der Waals surface area contributed by atoms with Gasteiger partial charge in [0.2, 0.25) is 0 Å². The summed E-state index contributed by atoms with van der Waals surface area (Å²) in [5.74, 6) is 1.61. The molecule has 0 amide bonds. The number of aryl methyl sites for hydroxylation is 1. The van der Waals surface area contributed by atoms with Crippen molar-refractivity contribution < 1.29 is 4.74 Å². The predicted octanol–water partition coefficient (Wildman–Crippen LogP) is 2.77. The second kappa shape index (κ2) is 5.90. The summed E-state index contributed by atoms with van der Waals surface area (Å²) in [6.07, 6.45) is 4.36. The van der Waals surface area contributed by atoms with Crippen LogP contribution in [0.2, 0.25) is 0 Å². The van der Waals surface area contributed by atoms with Crippen LogP contribution in [0.15, 0.2) is 30.5 Å². The Morgan fingerprint density at radius 2 is 2.19 bits per heavy atom. The number of hydrogen-bond acceptors (Lipinski definition) is 3. The Labute approximate surface area is 126 Å². The Morgan fingerprint density at radius 3 is 2.86 bits per heavy atom. The number of nitrogens with zero attached hydrogens (tertiary/aromatic N) is 2. The molecule has 0 radical (unpaired) electrons. The number of ether oxygens (including phenoxy) is 1. The molecule has 0 aliphatic heterocycles. The van der Waals surface area contributed by atoms with Crippen LogP contribution in [0.25, 0.3) is 0 Å². The lowest BCUT2D eigenvalue weighted by Crippen LogP contribution is -2.39. The van der Waals surface area contributed by atoms with Gasteiger partial charge in [0.25, 0.3) is 0 Å². The van der Waals surface area contributed by atoms with E-state index >= 15 is 0 Å². The lowest BCUT2D eigenvalue weighted by Gasteiger charge is -2.36.